The van der Waals surface area contributed by atoms with Crippen LogP contribution in [0.15, 0.2) is 24.3 Å². The molecule has 0 aromatic heterocycles. The summed E-state index contributed by atoms with van der Waals surface area (Å²) in [5.41, 5.74) is 0.152. The third-order valence-corrected chi connectivity index (χ3v) is 3.52. The summed E-state index contributed by atoms with van der Waals surface area (Å²) in [4.78, 5) is 2.14. The maximum absolute atomic E-state index is 12.3. The van der Waals surface area contributed by atoms with Crippen LogP contribution in [-0.2, 0) is 6.54 Å². The number of rotatable bonds is 4. The van der Waals surface area contributed by atoms with Crippen molar-refractivity contribution < 1.29 is 18.6 Å². The zero-order valence-corrected chi connectivity index (χ0v) is 11.0. The Morgan fingerprint density at radius 3 is 2.58 bits per heavy atom. The fourth-order valence-electron chi connectivity index (χ4n) is 2.28. The standard InChI is InChI=1S/C14H19F2NO2/c1-14(18)6-8-17(9-7-14)10-11-4-2-3-5-12(11)19-13(15)16/h2-5,13,18H,6-10H2,1H3. The quantitative estimate of drug-likeness (QED) is 0.913. The second-order valence-electron chi connectivity index (χ2n) is 5.26. The zero-order chi connectivity index (χ0) is 13.9. The van der Waals surface area contributed by atoms with Gasteiger partial charge in [-0.05, 0) is 25.8 Å². The minimum absolute atomic E-state index is 0.231. The van der Waals surface area contributed by atoms with Gasteiger partial charge in [-0.2, -0.15) is 8.78 Å². The molecule has 1 heterocycles. The van der Waals surface area contributed by atoms with Gasteiger partial charge in [-0.25, -0.2) is 0 Å². The Balaban J connectivity index is 1.99. The first-order valence-corrected chi connectivity index (χ1v) is 6.44. The molecule has 1 aliphatic rings. The molecule has 0 atom stereocenters. The predicted octanol–water partition coefficient (Wildman–Crippen LogP) is 2.63. The van der Waals surface area contributed by atoms with Crippen molar-refractivity contribution >= 4 is 0 Å². The highest BCUT2D eigenvalue weighted by Gasteiger charge is 2.27. The van der Waals surface area contributed by atoms with Crippen LogP contribution < -0.4 is 4.74 Å². The second-order valence-corrected chi connectivity index (χ2v) is 5.26. The Hall–Kier alpha value is -1.20. The summed E-state index contributed by atoms with van der Waals surface area (Å²) in [5, 5.41) is 9.88. The summed E-state index contributed by atoms with van der Waals surface area (Å²) in [7, 11) is 0. The number of benzene rings is 1. The Morgan fingerprint density at radius 2 is 1.95 bits per heavy atom. The fraction of sp³-hybridized carbons (Fsp3) is 0.571. The average Bonchev–Trinajstić information content (AvgIpc) is 2.33. The third kappa shape index (κ3) is 4.14. The van der Waals surface area contributed by atoms with E-state index in [-0.39, 0.29) is 5.75 Å². The van der Waals surface area contributed by atoms with Gasteiger partial charge in [0.25, 0.3) is 0 Å². The molecular weight excluding hydrogens is 252 g/mol. The molecule has 3 nitrogen and oxygen atoms in total. The lowest BCUT2D eigenvalue weighted by atomic mass is 9.93. The van der Waals surface area contributed by atoms with Crippen LogP contribution in [0.3, 0.4) is 0 Å². The van der Waals surface area contributed by atoms with Crippen molar-refractivity contribution in [2.45, 2.75) is 38.5 Å². The van der Waals surface area contributed by atoms with E-state index in [1.807, 2.05) is 13.0 Å². The van der Waals surface area contributed by atoms with Gasteiger partial charge in [-0.3, -0.25) is 4.90 Å². The SMILES string of the molecule is CC1(O)CCN(Cc2ccccc2OC(F)F)CC1. The lowest BCUT2D eigenvalue weighted by Crippen LogP contribution is -2.42. The fourth-order valence-corrected chi connectivity index (χ4v) is 2.28. The molecule has 1 fully saturated rings. The van der Waals surface area contributed by atoms with E-state index < -0.39 is 12.2 Å². The highest BCUT2D eigenvalue weighted by molar-refractivity contribution is 5.33. The smallest absolute Gasteiger partial charge is 0.387 e. The van der Waals surface area contributed by atoms with E-state index in [0.29, 0.717) is 19.4 Å². The summed E-state index contributed by atoms with van der Waals surface area (Å²) in [6.45, 7) is 1.12. The molecule has 2 rings (SSSR count). The molecule has 5 heteroatoms. The Bertz CT molecular complexity index is 414. The van der Waals surface area contributed by atoms with E-state index in [2.05, 4.69) is 9.64 Å². The van der Waals surface area contributed by atoms with Crippen molar-refractivity contribution in [3.63, 3.8) is 0 Å². The molecule has 0 amide bonds. The first kappa shape index (κ1) is 14.2. The molecule has 1 saturated heterocycles. The summed E-state index contributed by atoms with van der Waals surface area (Å²) in [6, 6.07) is 6.85. The number of nitrogens with zero attached hydrogens (tertiary/aromatic N) is 1. The van der Waals surface area contributed by atoms with Crippen molar-refractivity contribution in [3.8, 4) is 5.75 Å². The molecule has 106 valence electrons. The number of ether oxygens (including phenoxy) is 1. The maximum Gasteiger partial charge on any atom is 0.387 e. The van der Waals surface area contributed by atoms with Crippen LogP contribution in [0.2, 0.25) is 0 Å². The van der Waals surface area contributed by atoms with Crippen LogP contribution in [0, 0.1) is 0 Å². The molecule has 1 N–H and O–H groups in total. The number of alkyl halides is 2. The number of hydrogen-bond donors (Lipinski definition) is 1. The molecule has 0 aliphatic carbocycles. The maximum atomic E-state index is 12.3. The van der Waals surface area contributed by atoms with Gasteiger partial charge in [0.05, 0.1) is 5.60 Å². The zero-order valence-electron chi connectivity index (χ0n) is 11.0. The van der Waals surface area contributed by atoms with Gasteiger partial charge in [-0.1, -0.05) is 18.2 Å². The van der Waals surface area contributed by atoms with Crippen molar-refractivity contribution in [2.24, 2.45) is 0 Å². The first-order chi connectivity index (χ1) is 8.96. The van der Waals surface area contributed by atoms with Crippen LogP contribution in [0.5, 0.6) is 5.75 Å². The number of halogens is 2. The van der Waals surface area contributed by atoms with Crippen LogP contribution in [0.25, 0.3) is 0 Å². The van der Waals surface area contributed by atoms with Gasteiger partial charge in [0.1, 0.15) is 5.75 Å². The van der Waals surface area contributed by atoms with Crippen LogP contribution in [0.1, 0.15) is 25.3 Å². The van der Waals surface area contributed by atoms with E-state index in [9.17, 15) is 13.9 Å². The topological polar surface area (TPSA) is 32.7 Å². The third-order valence-electron chi connectivity index (χ3n) is 3.52. The molecule has 1 aliphatic heterocycles. The van der Waals surface area contributed by atoms with E-state index in [4.69, 9.17) is 0 Å². The number of hydrogen-bond acceptors (Lipinski definition) is 3. The van der Waals surface area contributed by atoms with E-state index in [0.717, 1.165) is 18.7 Å². The van der Waals surface area contributed by atoms with Gasteiger partial charge >= 0.3 is 6.61 Å². The predicted molar refractivity (Wildman–Crippen MR) is 68.2 cm³/mol. The van der Waals surface area contributed by atoms with E-state index >= 15 is 0 Å². The number of likely N-dealkylation sites (tertiary alicyclic amines) is 1. The highest BCUT2D eigenvalue weighted by Crippen LogP contribution is 2.26. The van der Waals surface area contributed by atoms with Crippen molar-refractivity contribution in [3.05, 3.63) is 29.8 Å². The molecule has 0 spiro atoms. The first-order valence-electron chi connectivity index (χ1n) is 6.44. The van der Waals surface area contributed by atoms with E-state index in [1.165, 1.54) is 0 Å². The van der Waals surface area contributed by atoms with Crippen molar-refractivity contribution in [1.29, 1.82) is 0 Å². The normalized spacial score (nSPS) is 19.6. The van der Waals surface area contributed by atoms with Crippen molar-refractivity contribution in [2.75, 3.05) is 13.1 Å². The molecular formula is C14H19F2NO2. The minimum atomic E-state index is -2.80. The monoisotopic (exact) mass is 271 g/mol. The molecule has 0 bridgehead atoms. The number of piperidine rings is 1. The van der Waals surface area contributed by atoms with Crippen LogP contribution in [0.4, 0.5) is 8.78 Å². The van der Waals surface area contributed by atoms with Crippen LogP contribution >= 0.6 is 0 Å². The summed E-state index contributed by atoms with van der Waals surface area (Å²) < 4.78 is 29.1. The number of aliphatic hydroxyl groups is 1. The van der Waals surface area contributed by atoms with Gasteiger partial charge in [0.2, 0.25) is 0 Å². The van der Waals surface area contributed by atoms with E-state index in [1.54, 1.807) is 18.2 Å². The second kappa shape index (κ2) is 5.84. The largest absolute Gasteiger partial charge is 0.434 e. The number of para-hydroxylation sites is 1. The summed E-state index contributed by atoms with van der Waals surface area (Å²) in [6.07, 6.45) is 1.40. The molecule has 0 unspecified atom stereocenters. The molecule has 19 heavy (non-hydrogen) atoms. The van der Waals surface area contributed by atoms with Crippen LogP contribution in [-0.4, -0.2) is 35.3 Å². The van der Waals surface area contributed by atoms with Gasteiger partial charge in [0, 0.05) is 25.2 Å². The molecule has 0 saturated carbocycles. The lowest BCUT2D eigenvalue weighted by Gasteiger charge is -2.35. The molecule has 1 aromatic rings. The van der Waals surface area contributed by atoms with Gasteiger partial charge < -0.3 is 9.84 Å². The average molecular weight is 271 g/mol. The Kier molecular flexibility index (Phi) is 4.37. The molecule has 0 radical (unpaired) electrons. The lowest BCUT2D eigenvalue weighted by molar-refractivity contribution is -0.0511. The Morgan fingerprint density at radius 1 is 1.32 bits per heavy atom. The van der Waals surface area contributed by atoms with Crippen molar-refractivity contribution in [1.82, 2.24) is 4.90 Å². The Labute approximate surface area is 111 Å². The van der Waals surface area contributed by atoms with Gasteiger partial charge in [-0.15, -0.1) is 0 Å². The summed E-state index contributed by atoms with van der Waals surface area (Å²) >= 11 is 0. The summed E-state index contributed by atoms with van der Waals surface area (Å²) in [5.74, 6) is 0.231. The molecule has 1 aromatic carbocycles. The minimum Gasteiger partial charge on any atom is -0.434 e. The van der Waals surface area contributed by atoms with Gasteiger partial charge in [0.15, 0.2) is 0 Å². The highest BCUT2D eigenvalue weighted by atomic mass is 19.3.